The molecule has 0 aliphatic carbocycles. The highest BCUT2D eigenvalue weighted by Gasteiger charge is 2.21. The third-order valence-electron chi connectivity index (χ3n) is 3.89. The van der Waals surface area contributed by atoms with Crippen LogP contribution in [0.2, 0.25) is 0 Å². The second-order valence-corrected chi connectivity index (χ2v) is 5.48. The van der Waals surface area contributed by atoms with E-state index in [4.69, 9.17) is 0 Å². The van der Waals surface area contributed by atoms with Crippen molar-refractivity contribution in [3.05, 3.63) is 71.7 Å². The van der Waals surface area contributed by atoms with Crippen molar-refractivity contribution >= 4 is 10.9 Å². The number of aryl methyl sites for hydroxylation is 1. The second kappa shape index (κ2) is 5.34. The third-order valence-corrected chi connectivity index (χ3v) is 3.89. The Kier molecular flexibility index (Phi) is 3.52. The van der Waals surface area contributed by atoms with Gasteiger partial charge in [0, 0.05) is 6.20 Å². The molecule has 1 N–H and O–H groups in total. The van der Waals surface area contributed by atoms with Crippen LogP contribution >= 0.6 is 0 Å². The van der Waals surface area contributed by atoms with Crippen molar-refractivity contribution in [2.75, 3.05) is 0 Å². The van der Waals surface area contributed by atoms with E-state index in [1.807, 2.05) is 48.0 Å². The molecule has 0 amide bonds. The van der Waals surface area contributed by atoms with Crippen LogP contribution in [-0.4, -0.2) is 15.8 Å². The topological polar surface area (TPSA) is 25.2 Å². The standard InChI is InChI=1S/C18H18FNO/c1-12-5-3-6-14-9-10-20(17(12)14)18(13(2)21)15-7-4-8-16(19)11-15/h3-11,13,18,21H,1-2H3. The van der Waals surface area contributed by atoms with E-state index < -0.39 is 6.10 Å². The van der Waals surface area contributed by atoms with Crippen molar-refractivity contribution in [3.8, 4) is 0 Å². The van der Waals surface area contributed by atoms with Crippen LogP contribution in [0.15, 0.2) is 54.7 Å². The summed E-state index contributed by atoms with van der Waals surface area (Å²) in [4.78, 5) is 0. The van der Waals surface area contributed by atoms with Gasteiger partial charge < -0.3 is 9.67 Å². The largest absolute Gasteiger partial charge is 0.391 e. The maximum atomic E-state index is 13.5. The summed E-state index contributed by atoms with van der Waals surface area (Å²) in [7, 11) is 0. The van der Waals surface area contributed by atoms with Crippen LogP contribution in [0.25, 0.3) is 10.9 Å². The average molecular weight is 283 g/mol. The van der Waals surface area contributed by atoms with Crippen LogP contribution < -0.4 is 0 Å². The Morgan fingerprint density at radius 1 is 1.10 bits per heavy atom. The molecular weight excluding hydrogens is 265 g/mol. The van der Waals surface area contributed by atoms with E-state index in [9.17, 15) is 9.50 Å². The molecule has 108 valence electrons. The second-order valence-electron chi connectivity index (χ2n) is 5.48. The quantitative estimate of drug-likeness (QED) is 0.770. The molecule has 0 spiro atoms. The van der Waals surface area contributed by atoms with Crippen molar-refractivity contribution in [3.63, 3.8) is 0 Å². The van der Waals surface area contributed by atoms with E-state index in [2.05, 4.69) is 0 Å². The fourth-order valence-electron chi connectivity index (χ4n) is 3.00. The van der Waals surface area contributed by atoms with Gasteiger partial charge in [0.2, 0.25) is 0 Å². The SMILES string of the molecule is Cc1cccc2ccn(C(c3cccc(F)c3)C(C)O)c12. The first-order valence-electron chi connectivity index (χ1n) is 7.07. The van der Waals surface area contributed by atoms with E-state index in [0.29, 0.717) is 0 Å². The van der Waals surface area contributed by atoms with Gasteiger partial charge in [-0.3, -0.25) is 0 Å². The number of aromatic nitrogens is 1. The molecule has 2 unspecified atom stereocenters. The van der Waals surface area contributed by atoms with E-state index in [1.165, 1.54) is 12.1 Å². The van der Waals surface area contributed by atoms with Crippen LogP contribution in [0.1, 0.15) is 24.1 Å². The summed E-state index contributed by atoms with van der Waals surface area (Å²) in [5, 5.41) is 11.4. The summed E-state index contributed by atoms with van der Waals surface area (Å²) >= 11 is 0. The van der Waals surface area contributed by atoms with Gasteiger partial charge in [0.25, 0.3) is 0 Å². The van der Waals surface area contributed by atoms with E-state index in [0.717, 1.165) is 22.0 Å². The number of hydrogen-bond acceptors (Lipinski definition) is 1. The van der Waals surface area contributed by atoms with E-state index in [-0.39, 0.29) is 11.9 Å². The number of para-hydroxylation sites is 1. The zero-order chi connectivity index (χ0) is 15.0. The monoisotopic (exact) mass is 283 g/mol. The fraction of sp³-hybridized carbons (Fsp3) is 0.222. The summed E-state index contributed by atoms with van der Waals surface area (Å²) < 4.78 is 15.6. The number of rotatable bonds is 3. The minimum atomic E-state index is -0.623. The highest BCUT2D eigenvalue weighted by atomic mass is 19.1. The maximum absolute atomic E-state index is 13.5. The van der Waals surface area contributed by atoms with Gasteiger partial charge in [0.05, 0.1) is 17.7 Å². The molecule has 1 heterocycles. The molecule has 2 atom stereocenters. The van der Waals surface area contributed by atoms with Crippen molar-refractivity contribution in [1.29, 1.82) is 0 Å². The Morgan fingerprint density at radius 3 is 2.57 bits per heavy atom. The van der Waals surface area contributed by atoms with Crippen LogP contribution in [0.4, 0.5) is 4.39 Å². The number of benzene rings is 2. The van der Waals surface area contributed by atoms with Crippen LogP contribution in [0.5, 0.6) is 0 Å². The summed E-state index contributed by atoms with van der Waals surface area (Å²) in [5.41, 5.74) is 2.98. The minimum Gasteiger partial charge on any atom is -0.391 e. The molecule has 0 radical (unpaired) electrons. The Balaban J connectivity index is 2.21. The summed E-state index contributed by atoms with van der Waals surface area (Å²) in [6.45, 7) is 3.78. The molecule has 2 aromatic carbocycles. The van der Waals surface area contributed by atoms with E-state index >= 15 is 0 Å². The zero-order valence-corrected chi connectivity index (χ0v) is 12.1. The van der Waals surface area contributed by atoms with Gasteiger partial charge in [-0.2, -0.15) is 0 Å². The molecule has 1 aromatic heterocycles. The molecule has 0 bridgehead atoms. The van der Waals surface area contributed by atoms with Crippen LogP contribution in [0.3, 0.4) is 0 Å². The van der Waals surface area contributed by atoms with Gasteiger partial charge in [0.15, 0.2) is 0 Å². The van der Waals surface area contributed by atoms with Gasteiger partial charge in [-0.05, 0) is 48.6 Å². The Morgan fingerprint density at radius 2 is 1.86 bits per heavy atom. The number of hydrogen-bond donors (Lipinski definition) is 1. The van der Waals surface area contributed by atoms with Gasteiger partial charge in [-0.25, -0.2) is 4.39 Å². The molecular formula is C18H18FNO. The maximum Gasteiger partial charge on any atom is 0.123 e. The van der Waals surface area contributed by atoms with Crippen molar-refractivity contribution in [2.24, 2.45) is 0 Å². The third kappa shape index (κ3) is 2.45. The van der Waals surface area contributed by atoms with E-state index in [1.54, 1.807) is 13.0 Å². The number of halogens is 1. The number of fused-ring (bicyclic) bond motifs is 1. The van der Waals surface area contributed by atoms with Crippen molar-refractivity contribution < 1.29 is 9.50 Å². The van der Waals surface area contributed by atoms with Gasteiger partial charge in [-0.15, -0.1) is 0 Å². The molecule has 21 heavy (non-hydrogen) atoms. The molecule has 3 aromatic rings. The van der Waals surface area contributed by atoms with Gasteiger partial charge in [0.1, 0.15) is 5.82 Å². The molecule has 0 saturated heterocycles. The molecule has 2 nitrogen and oxygen atoms in total. The predicted molar refractivity (Wildman–Crippen MR) is 82.9 cm³/mol. The first kappa shape index (κ1) is 13.8. The lowest BCUT2D eigenvalue weighted by Crippen LogP contribution is -2.22. The summed E-state index contributed by atoms with van der Waals surface area (Å²) in [5.74, 6) is -0.286. The molecule has 3 rings (SSSR count). The minimum absolute atomic E-state index is 0.286. The highest BCUT2D eigenvalue weighted by Crippen LogP contribution is 2.29. The van der Waals surface area contributed by atoms with Gasteiger partial charge in [-0.1, -0.05) is 30.3 Å². The molecule has 3 heteroatoms. The lowest BCUT2D eigenvalue weighted by atomic mass is 10.0. The molecule has 0 saturated carbocycles. The Hall–Kier alpha value is -2.13. The molecule has 0 aliphatic heterocycles. The summed E-state index contributed by atoms with van der Waals surface area (Å²) in [6.07, 6.45) is 1.34. The van der Waals surface area contributed by atoms with Crippen molar-refractivity contribution in [1.82, 2.24) is 4.57 Å². The number of nitrogens with zero attached hydrogens (tertiary/aromatic N) is 1. The lowest BCUT2D eigenvalue weighted by molar-refractivity contribution is 0.150. The van der Waals surface area contributed by atoms with Crippen LogP contribution in [0, 0.1) is 12.7 Å². The van der Waals surface area contributed by atoms with Gasteiger partial charge >= 0.3 is 0 Å². The first-order valence-corrected chi connectivity index (χ1v) is 7.07. The highest BCUT2D eigenvalue weighted by molar-refractivity contribution is 5.83. The number of aliphatic hydroxyl groups is 1. The fourth-order valence-corrected chi connectivity index (χ4v) is 3.00. The van der Waals surface area contributed by atoms with Crippen LogP contribution in [-0.2, 0) is 0 Å². The summed E-state index contributed by atoms with van der Waals surface area (Å²) in [6, 6.07) is 14.3. The normalized spacial score (nSPS) is 14.3. The Labute approximate surface area is 123 Å². The smallest absolute Gasteiger partial charge is 0.123 e. The number of aliphatic hydroxyl groups excluding tert-OH is 1. The zero-order valence-electron chi connectivity index (χ0n) is 12.1. The van der Waals surface area contributed by atoms with Crippen molar-refractivity contribution in [2.45, 2.75) is 26.0 Å². The average Bonchev–Trinajstić information content (AvgIpc) is 2.84. The first-order chi connectivity index (χ1) is 10.1. The predicted octanol–water partition coefficient (Wildman–Crippen LogP) is 4.06. The Bertz CT molecular complexity index is 776. The molecule has 0 fully saturated rings. The molecule has 0 aliphatic rings. The lowest BCUT2D eigenvalue weighted by Gasteiger charge is -2.24.